The molecule has 0 radical (unpaired) electrons. The van der Waals surface area contributed by atoms with E-state index in [0.29, 0.717) is 39.6 Å². The molecule has 0 atom stereocenters. The third kappa shape index (κ3) is 5.57. The van der Waals surface area contributed by atoms with Crippen molar-refractivity contribution in [2.75, 3.05) is 27.4 Å². The highest BCUT2D eigenvalue weighted by atomic mass is 32.2. The van der Waals surface area contributed by atoms with Crippen LogP contribution in [0.3, 0.4) is 0 Å². The van der Waals surface area contributed by atoms with E-state index < -0.39 is 5.91 Å². The lowest BCUT2D eigenvalue weighted by molar-refractivity contribution is -0.114. The number of aryl methyl sites for hydroxylation is 2. The van der Waals surface area contributed by atoms with Gasteiger partial charge in [0, 0.05) is 5.56 Å². The van der Waals surface area contributed by atoms with Gasteiger partial charge in [0.1, 0.15) is 24.0 Å². The predicted octanol–water partition coefficient (Wildman–Crippen LogP) is 5.45. The molecule has 0 bridgehead atoms. The van der Waals surface area contributed by atoms with Crippen LogP contribution in [0.5, 0.6) is 23.0 Å². The second-order valence-electron chi connectivity index (χ2n) is 9.00. The zero-order chi connectivity index (χ0) is 28.2. The Morgan fingerprint density at radius 1 is 0.950 bits per heavy atom. The molecule has 1 N–H and O–H groups in total. The van der Waals surface area contributed by atoms with Gasteiger partial charge in [-0.1, -0.05) is 42.0 Å². The molecule has 40 heavy (non-hydrogen) atoms. The summed E-state index contributed by atoms with van der Waals surface area (Å²) in [5, 5.41) is 15.7. The number of rotatable bonds is 9. The molecule has 0 aromatic heterocycles. The molecular weight excluding hydrogens is 528 g/mol. The number of amides is 1. The third-order valence-electron chi connectivity index (χ3n) is 6.24. The van der Waals surface area contributed by atoms with Crippen molar-refractivity contribution in [3.05, 3.63) is 88.5 Å². The summed E-state index contributed by atoms with van der Waals surface area (Å²) in [6.07, 6.45) is 1.58. The monoisotopic (exact) mass is 556 g/mol. The van der Waals surface area contributed by atoms with Crippen LogP contribution in [-0.4, -0.2) is 54.4 Å². The molecule has 0 saturated heterocycles. The van der Waals surface area contributed by atoms with E-state index in [0.717, 1.165) is 22.4 Å². The van der Waals surface area contributed by atoms with Gasteiger partial charge in [-0.15, -0.1) is 0 Å². The van der Waals surface area contributed by atoms with Crippen molar-refractivity contribution in [3.63, 3.8) is 0 Å². The Labute approximate surface area is 236 Å². The number of nitrogens with one attached hydrogen (secondary N) is 1. The van der Waals surface area contributed by atoms with Gasteiger partial charge < -0.3 is 18.9 Å². The molecule has 0 spiro atoms. The molecule has 2 heterocycles. The highest BCUT2D eigenvalue weighted by Gasteiger charge is 2.36. The molecule has 3 aromatic rings. The summed E-state index contributed by atoms with van der Waals surface area (Å²) < 4.78 is 22.8. The topological polar surface area (TPSA) is 106 Å². The number of benzene rings is 3. The molecule has 1 amide bonds. The van der Waals surface area contributed by atoms with Crippen molar-refractivity contribution in [2.45, 2.75) is 13.8 Å². The van der Waals surface area contributed by atoms with Crippen LogP contribution in [0.1, 0.15) is 22.3 Å². The Morgan fingerprint density at radius 2 is 1.62 bits per heavy atom. The van der Waals surface area contributed by atoms with Crippen molar-refractivity contribution < 1.29 is 23.7 Å². The molecule has 0 saturated carbocycles. The lowest BCUT2D eigenvalue weighted by Crippen LogP contribution is -2.35. The Kier molecular flexibility index (Phi) is 7.88. The van der Waals surface area contributed by atoms with Crippen molar-refractivity contribution in [1.29, 1.82) is 5.41 Å². The normalized spacial score (nSPS) is 15.5. The highest BCUT2D eigenvalue weighted by molar-refractivity contribution is 8.27. The second kappa shape index (κ2) is 11.7. The number of fused-ring (bicyclic) bond motifs is 1. The minimum Gasteiger partial charge on any atom is -0.493 e. The zero-order valence-electron chi connectivity index (χ0n) is 22.6. The average molecular weight is 557 g/mol. The summed E-state index contributed by atoms with van der Waals surface area (Å²) in [5.74, 6) is 1.42. The molecular formula is C30H28N4O5S. The number of methoxy groups -OCH3 is 2. The van der Waals surface area contributed by atoms with Crippen LogP contribution >= 0.6 is 11.8 Å². The first kappa shape index (κ1) is 27.0. The maximum atomic E-state index is 13.0. The summed E-state index contributed by atoms with van der Waals surface area (Å²) >= 11 is 1.27. The van der Waals surface area contributed by atoms with Crippen LogP contribution in [0.15, 0.2) is 76.3 Å². The molecule has 0 unspecified atom stereocenters. The number of aliphatic imine (C=N–C) groups is 1. The number of amidine groups is 2. The summed E-state index contributed by atoms with van der Waals surface area (Å²) in [6.45, 7) is 4.59. The third-order valence-corrected chi connectivity index (χ3v) is 7.19. The van der Waals surface area contributed by atoms with Gasteiger partial charge in [0.15, 0.2) is 17.3 Å². The van der Waals surface area contributed by atoms with Crippen molar-refractivity contribution >= 4 is 39.8 Å². The molecule has 10 heteroatoms. The van der Waals surface area contributed by atoms with Gasteiger partial charge in [-0.25, -0.2) is 0 Å². The minimum atomic E-state index is -0.517. The number of carbonyl (C=O) groups is 1. The van der Waals surface area contributed by atoms with Gasteiger partial charge in [-0.05, 0) is 67.1 Å². The average Bonchev–Trinajstić information content (AvgIpc) is 3.38. The first-order valence-electron chi connectivity index (χ1n) is 12.5. The second-order valence-corrected chi connectivity index (χ2v) is 9.96. The van der Waals surface area contributed by atoms with Crippen molar-refractivity contribution in [3.8, 4) is 23.0 Å². The summed E-state index contributed by atoms with van der Waals surface area (Å²) in [5.41, 5.74) is 3.82. The number of hydrazone groups is 1. The molecule has 0 aliphatic carbocycles. The van der Waals surface area contributed by atoms with E-state index in [1.165, 1.54) is 31.0 Å². The van der Waals surface area contributed by atoms with E-state index in [1.807, 2.05) is 62.4 Å². The molecule has 2 aliphatic rings. The van der Waals surface area contributed by atoms with E-state index >= 15 is 0 Å². The van der Waals surface area contributed by atoms with Gasteiger partial charge in [0.25, 0.3) is 5.91 Å². The first-order chi connectivity index (χ1) is 19.4. The Hall–Kier alpha value is -4.57. The zero-order valence-corrected chi connectivity index (χ0v) is 23.4. The van der Waals surface area contributed by atoms with Crippen LogP contribution in [-0.2, 0) is 4.79 Å². The predicted molar refractivity (Wildman–Crippen MR) is 157 cm³/mol. The number of ether oxygens (including phenoxy) is 4. The maximum Gasteiger partial charge on any atom is 0.283 e. The van der Waals surface area contributed by atoms with Crippen LogP contribution in [0, 0.1) is 19.3 Å². The summed E-state index contributed by atoms with van der Waals surface area (Å²) in [6, 6.07) is 19.0. The molecule has 9 nitrogen and oxygen atoms in total. The summed E-state index contributed by atoms with van der Waals surface area (Å²) in [4.78, 5) is 17.2. The number of nitrogens with zero attached hydrogens (tertiary/aromatic N) is 3. The van der Waals surface area contributed by atoms with Crippen LogP contribution in [0.4, 0.5) is 0 Å². The number of hydrogen-bond donors (Lipinski definition) is 1. The number of hydrogen-bond acceptors (Lipinski definition) is 8. The Morgan fingerprint density at radius 3 is 2.30 bits per heavy atom. The molecule has 3 aromatic carbocycles. The standard InChI is InChI=1S/C30H28N4O5S/c1-18-9-11-21(12-10-18)38-13-14-39-26-24(36-3)16-20(17-25(26)37-4)15-23-27(31)34-30(32-28(23)35)40-29(33-34)22-8-6-5-7-19(22)2/h5-12,15-17,31H,13-14H2,1-4H3/b23-15-,31-27?. The van der Waals surface area contributed by atoms with Gasteiger partial charge in [-0.3, -0.25) is 10.2 Å². The lowest BCUT2D eigenvalue weighted by atomic mass is 10.1. The van der Waals surface area contributed by atoms with E-state index in [1.54, 1.807) is 18.2 Å². The fourth-order valence-corrected chi connectivity index (χ4v) is 5.13. The Balaban J connectivity index is 1.35. The van der Waals surface area contributed by atoms with E-state index in [4.69, 9.17) is 24.4 Å². The van der Waals surface area contributed by atoms with Crippen molar-refractivity contribution in [2.24, 2.45) is 10.1 Å². The molecule has 0 fully saturated rings. The van der Waals surface area contributed by atoms with Gasteiger partial charge >= 0.3 is 0 Å². The lowest BCUT2D eigenvalue weighted by Gasteiger charge is -2.20. The first-order valence-corrected chi connectivity index (χ1v) is 13.3. The van der Waals surface area contributed by atoms with Gasteiger partial charge in [-0.2, -0.15) is 15.1 Å². The minimum absolute atomic E-state index is 0.0578. The van der Waals surface area contributed by atoms with Crippen molar-refractivity contribution in [1.82, 2.24) is 5.01 Å². The smallest absolute Gasteiger partial charge is 0.283 e. The Bertz CT molecular complexity index is 1540. The van der Waals surface area contributed by atoms with Crippen LogP contribution in [0.2, 0.25) is 0 Å². The van der Waals surface area contributed by atoms with E-state index in [2.05, 4.69) is 10.1 Å². The molecule has 204 valence electrons. The van der Waals surface area contributed by atoms with E-state index in [-0.39, 0.29) is 18.0 Å². The van der Waals surface area contributed by atoms with Gasteiger partial charge in [0.2, 0.25) is 10.9 Å². The molecule has 5 rings (SSSR count). The SMILES string of the molecule is COc1cc(/C=C2/C(=N)N3N=C(c4ccccc4C)SC3=NC2=O)cc(OC)c1OCCOc1ccc(C)cc1. The van der Waals surface area contributed by atoms with Crippen LogP contribution in [0.25, 0.3) is 6.08 Å². The quantitative estimate of drug-likeness (QED) is 0.276. The number of thioether (sulfide) groups is 1. The fraction of sp³-hybridized carbons (Fsp3) is 0.200. The highest BCUT2D eigenvalue weighted by Crippen LogP contribution is 2.40. The number of carbonyl (C=O) groups excluding carboxylic acids is 1. The van der Waals surface area contributed by atoms with Gasteiger partial charge in [0.05, 0.1) is 19.8 Å². The summed E-state index contributed by atoms with van der Waals surface area (Å²) in [7, 11) is 3.05. The van der Waals surface area contributed by atoms with E-state index in [9.17, 15) is 4.79 Å². The largest absolute Gasteiger partial charge is 0.493 e. The molecule has 2 aliphatic heterocycles. The maximum absolute atomic E-state index is 13.0. The fourth-order valence-electron chi connectivity index (χ4n) is 4.14. The van der Waals surface area contributed by atoms with Crippen LogP contribution < -0.4 is 18.9 Å².